The van der Waals surface area contributed by atoms with E-state index in [1.165, 1.54) is 0 Å². The molecule has 5 nitrogen and oxygen atoms in total. The fourth-order valence-electron chi connectivity index (χ4n) is 2.37. The molecule has 0 radical (unpaired) electrons. The lowest BCUT2D eigenvalue weighted by Gasteiger charge is -2.33. The predicted molar refractivity (Wildman–Crippen MR) is 92.1 cm³/mol. The fraction of sp³-hybridized carbons (Fsp3) is 0.429. The van der Waals surface area contributed by atoms with E-state index in [1.807, 2.05) is 16.3 Å². The molecule has 8 heteroatoms. The van der Waals surface area contributed by atoms with Crippen LogP contribution in [0.3, 0.4) is 0 Å². The summed E-state index contributed by atoms with van der Waals surface area (Å²) in [5.41, 5.74) is 1.80. The van der Waals surface area contributed by atoms with Crippen molar-refractivity contribution in [3.8, 4) is 10.6 Å². The second-order valence-electron chi connectivity index (χ2n) is 4.97. The molecule has 1 aliphatic rings. The summed E-state index contributed by atoms with van der Waals surface area (Å²) in [6, 6.07) is 2.13. The van der Waals surface area contributed by atoms with Crippen LogP contribution < -0.4 is 5.32 Å². The molecule has 0 unspecified atom stereocenters. The van der Waals surface area contributed by atoms with Crippen LogP contribution in [-0.2, 0) is 11.2 Å². The zero-order valence-corrected chi connectivity index (χ0v) is 14.6. The molecule has 22 heavy (non-hydrogen) atoms. The van der Waals surface area contributed by atoms with Crippen molar-refractivity contribution in [1.29, 1.82) is 0 Å². The van der Waals surface area contributed by atoms with E-state index < -0.39 is 0 Å². The lowest BCUT2D eigenvalue weighted by atomic mass is 10.2. The van der Waals surface area contributed by atoms with Crippen molar-refractivity contribution in [1.82, 2.24) is 15.2 Å². The molecule has 122 valence electrons. The van der Waals surface area contributed by atoms with Crippen LogP contribution in [0.2, 0.25) is 0 Å². The molecule has 2 aromatic rings. The van der Waals surface area contributed by atoms with Gasteiger partial charge in [0.15, 0.2) is 0 Å². The van der Waals surface area contributed by atoms with E-state index in [9.17, 15) is 4.79 Å². The molecule has 3 rings (SSSR count). The summed E-state index contributed by atoms with van der Waals surface area (Å²) in [6.07, 6.45) is 3.67. The first-order valence-corrected chi connectivity index (χ1v) is 7.59. The van der Waals surface area contributed by atoms with Crippen molar-refractivity contribution in [2.75, 3.05) is 19.6 Å². The minimum absolute atomic E-state index is 0. The van der Waals surface area contributed by atoms with Crippen LogP contribution >= 0.6 is 36.2 Å². The van der Waals surface area contributed by atoms with Gasteiger partial charge in [-0.1, -0.05) is 0 Å². The molecular formula is C14H19Cl2N3O2S. The molecular weight excluding hydrogens is 345 g/mol. The number of hydrogen-bond donors (Lipinski definition) is 1. The van der Waals surface area contributed by atoms with E-state index in [0.717, 1.165) is 35.9 Å². The lowest BCUT2D eigenvalue weighted by molar-refractivity contribution is -0.133. The van der Waals surface area contributed by atoms with Gasteiger partial charge in [-0.05, 0) is 13.0 Å². The van der Waals surface area contributed by atoms with Gasteiger partial charge in [-0.2, -0.15) is 0 Å². The number of halogens is 2. The number of carbonyl (C=O) groups excluding carboxylic acids is 1. The summed E-state index contributed by atoms with van der Waals surface area (Å²) < 4.78 is 5.05. The second-order valence-corrected chi connectivity index (χ2v) is 5.83. The highest BCUT2D eigenvalue weighted by Gasteiger charge is 2.23. The molecule has 3 heterocycles. The van der Waals surface area contributed by atoms with Crippen molar-refractivity contribution in [3.05, 3.63) is 29.7 Å². The van der Waals surface area contributed by atoms with Gasteiger partial charge in [0.25, 0.3) is 0 Å². The van der Waals surface area contributed by atoms with E-state index in [2.05, 4.69) is 17.2 Å². The van der Waals surface area contributed by atoms with Crippen LogP contribution in [0.4, 0.5) is 0 Å². The SMILES string of the molecule is C[C@H]1CNCCN1C(=O)Cc1csc(-c2ccoc2)n1.Cl.Cl. The summed E-state index contributed by atoms with van der Waals surface area (Å²) in [6.45, 7) is 4.58. The average Bonchev–Trinajstić information content (AvgIpc) is 3.09. The van der Waals surface area contributed by atoms with Crippen LogP contribution in [0.15, 0.2) is 28.4 Å². The maximum absolute atomic E-state index is 12.3. The van der Waals surface area contributed by atoms with E-state index >= 15 is 0 Å². The number of piperazine rings is 1. The summed E-state index contributed by atoms with van der Waals surface area (Å²) in [4.78, 5) is 18.8. The first-order valence-electron chi connectivity index (χ1n) is 6.71. The summed E-state index contributed by atoms with van der Waals surface area (Å²) >= 11 is 1.54. The van der Waals surface area contributed by atoms with E-state index in [0.29, 0.717) is 6.42 Å². The average molecular weight is 364 g/mol. The molecule has 1 fully saturated rings. The maximum Gasteiger partial charge on any atom is 0.228 e. The largest absolute Gasteiger partial charge is 0.472 e. The maximum atomic E-state index is 12.3. The Balaban J connectivity index is 0.00000121. The third-order valence-corrected chi connectivity index (χ3v) is 4.41. The van der Waals surface area contributed by atoms with E-state index in [-0.39, 0.29) is 36.8 Å². The molecule has 0 aliphatic carbocycles. The molecule has 1 amide bonds. The highest BCUT2D eigenvalue weighted by Crippen LogP contribution is 2.24. The van der Waals surface area contributed by atoms with Crippen molar-refractivity contribution < 1.29 is 9.21 Å². The number of nitrogens with zero attached hydrogens (tertiary/aromatic N) is 2. The van der Waals surface area contributed by atoms with Crippen molar-refractivity contribution in [3.63, 3.8) is 0 Å². The number of thiazole rings is 1. The molecule has 1 saturated heterocycles. The van der Waals surface area contributed by atoms with Gasteiger partial charge in [-0.15, -0.1) is 36.2 Å². The Morgan fingerprint density at radius 3 is 3.05 bits per heavy atom. The van der Waals surface area contributed by atoms with Gasteiger partial charge in [0.05, 0.1) is 18.4 Å². The zero-order valence-electron chi connectivity index (χ0n) is 12.2. The zero-order chi connectivity index (χ0) is 13.9. The minimum Gasteiger partial charge on any atom is -0.472 e. The monoisotopic (exact) mass is 363 g/mol. The molecule has 0 bridgehead atoms. The molecule has 1 aliphatic heterocycles. The van der Waals surface area contributed by atoms with E-state index in [4.69, 9.17) is 4.42 Å². The molecule has 1 N–H and O–H groups in total. The van der Waals surface area contributed by atoms with Gasteiger partial charge in [0.1, 0.15) is 11.3 Å². The standard InChI is InChI=1S/C14H17N3O2S.2ClH/c1-10-7-15-3-4-17(10)13(18)6-12-9-20-14(16-12)11-2-5-19-8-11;;/h2,5,8-10,15H,3-4,6-7H2,1H3;2*1H/t10-;;/m0../s1. The van der Waals surface area contributed by atoms with Crippen LogP contribution in [0.5, 0.6) is 0 Å². The van der Waals surface area contributed by atoms with Crippen LogP contribution in [0, 0.1) is 0 Å². The van der Waals surface area contributed by atoms with Gasteiger partial charge in [-0.3, -0.25) is 4.79 Å². The van der Waals surface area contributed by atoms with Crippen molar-refractivity contribution in [2.45, 2.75) is 19.4 Å². The third-order valence-electron chi connectivity index (χ3n) is 3.47. The minimum atomic E-state index is 0. The Morgan fingerprint density at radius 1 is 1.55 bits per heavy atom. The molecule has 2 aromatic heterocycles. The van der Waals surface area contributed by atoms with Crippen molar-refractivity contribution >= 4 is 42.1 Å². The Labute approximate surface area is 145 Å². The van der Waals surface area contributed by atoms with Gasteiger partial charge in [-0.25, -0.2) is 4.98 Å². The molecule has 0 aromatic carbocycles. The quantitative estimate of drug-likeness (QED) is 0.910. The van der Waals surface area contributed by atoms with Crippen LogP contribution in [0.25, 0.3) is 10.6 Å². The number of amides is 1. The highest BCUT2D eigenvalue weighted by atomic mass is 35.5. The number of hydrogen-bond acceptors (Lipinski definition) is 5. The van der Waals surface area contributed by atoms with Crippen LogP contribution in [0.1, 0.15) is 12.6 Å². The number of rotatable bonds is 3. The highest BCUT2D eigenvalue weighted by molar-refractivity contribution is 7.13. The topological polar surface area (TPSA) is 58.4 Å². The first-order chi connectivity index (χ1) is 9.74. The van der Waals surface area contributed by atoms with Gasteiger partial charge >= 0.3 is 0 Å². The molecule has 1 atom stereocenters. The Kier molecular flexibility index (Phi) is 7.35. The lowest BCUT2D eigenvalue weighted by Crippen LogP contribution is -2.52. The molecule has 0 saturated carbocycles. The summed E-state index contributed by atoms with van der Waals surface area (Å²) in [5, 5.41) is 6.14. The normalized spacial score (nSPS) is 17.5. The third kappa shape index (κ3) is 4.23. The summed E-state index contributed by atoms with van der Waals surface area (Å²) in [5.74, 6) is 0.156. The van der Waals surface area contributed by atoms with Crippen LogP contribution in [-0.4, -0.2) is 41.5 Å². The van der Waals surface area contributed by atoms with Crippen molar-refractivity contribution in [2.24, 2.45) is 0 Å². The predicted octanol–water partition coefficient (Wildman–Crippen LogP) is 2.61. The fourth-order valence-corrected chi connectivity index (χ4v) is 3.18. The number of nitrogens with one attached hydrogen (secondary N) is 1. The van der Waals surface area contributed by atoms with Gasteiger partial charge < -0.3 is 14.6 Å². The van der Waals surface area contributed by atoms with E-state index in [1.54, 1.807) is 23.9 Å². The first kappa shape index (κ1) is 19.0. The Morgan fingerprint density at radius 2 is 2.36 bits per heavy atom. The number of aromatic nitrogens is 1. The van der Waals surface area contributed by atoms with Gasteiger partial charge in [0, 0.05) is 36.6 Å². The summed E-state index contributed by atoms with van der Waals surface area (Å²) in [7, 11) is 0. The molecule has 0 spiro atoms. The van der Waals surface area contributed by atoms with Gasteiger partial charge in [0.2, 0.25) is 5.91 Å². The number of furan rings is 1. The number of carbonyl (C=O) groups is 1. The smallest absolute Gasteiger partial charge is 0.228 e. The Hall–Kier alpha value is -1.08. The second kappa shape index (κ2) is 8.53. The Bertz CT molecular complexity index is 589.